The van der Waals surface area contributed by atoms with Gasteiger partial charge < -0.3 is 14.8 Å². The molecule has 100 valence electrons. The van der Waals surface area contributed by atoms with Crippen LogP contribution in [0.1, 0.15) is 21.1 Å². The Morgan fingerprint density at radius 3 is 2.95 bits per heavy atom. The molecule has 3 N–H and O–H groups in total. The fourth-order valence-corrected chi connectivity index (χ4v) is 2.29. The third-order valence-corrected chi connectivity index (χ3v) is 3.29. The number of carbonyl (C=O) groups excluding carboxylic acids is 1. The van der Waals surface area contributed by atoms with Crippen molar-refractivity contribution < 1.29 is 19.1 Å². The van der Waals surface area contributed by atoms with E-state index in [9.17, 15) is 9.59 Å². The third-order valence-electron chi connectivity index (χ3n) is 2.22. The fourth-order valence-electron chi connectivity index (χ4n) is 1.41. The molecule has 0 spiro atoms. The Morgan fingerprint density at radius 1 is 1.53 bits per heavy atom. The zero-order valence-corrected chi connectivity index (χ0v) is 10.8. The second kappa shape index (κ2) is 5.53. The lowest BCUT2D eigenvalue weighted by Crippen LogP contribution is -2.22. The van der Waals surface area contributed by atoms with Crippen LogP contribution in [0.25, 0.3) is 0 Å². The minimum atomic E-state index is -1.21. The molecule has 2 aromatic heterocycles. The van der Waals surface area contributed by atoms with E-state index >= 15 is 0 Å². The van der Waals surface area contributed by atoms with Crippen LogP contribution in [0.3, 0.4) is 0 Å². The predicted molar refractivity (Wildman–Crippen MR) is 68.4 cm³/mol. The van der Waals surface area contributed by atoms with Crippen molar-refractivity contribution in [2.75, 3.05) is 5.32 Å². The lowest BCUT2D eigenvalue weighted by atomic mass is 10.3. The molecule has 7 nitrogen and oxygen atoms in total. The number of carboxylic acid groups (broad SMARTS) is 1. The molecule has 2 heterocycles. The predicted octanol–water partition coefficient (Wildman–Crippen LogP) is 2.06. The van der Waals surface area contributed by atoms with E-state index in [-0.39, 0.29) is 17.6 Å². The van der Waals surface area contributed by atoms with Crippen molar-refractivity contribution in [2.45, 2.75) is 13.5 Å². The highest BCUT2D eigenvalue weighted by Gasteiger charge is 2.16. The van der Waals surface area contributed by atoms with Gasteiger partial charge in [-0.1, -0.05) is 11.3 Å². The first kappa shape index (κ1) is 13.1. The molecule has 0 aliphatic carbocycles. The van der Waals surface area contributed by atoms with Gasteiger partial charge in [-0.05, 0) is 19.1 Å². The van der Waals surface area contributed by atoms with Gasteiger partial charge in [0.2, 0.25) is 0 Å². The van der Waals surface area contributed by atoms with Crippen LogP contribution in [0.15, 0.2) is 22.8 Å². The first-order valence-corrected chi connectivity index (χ1v) is 6.16. The van der Waals surface area contributed by atoms with Gasteiger partial charge in [0.1, 0.15) is 10.6 Å². The molecular formula is C11H11N3O4S. The average molecular weight is 281 g/mol. The molecule has 0 aliphatic rings. The third kappa shape index (κ3) is 3.32. The molecule has 0 atom stereocenters. The molecule has 0 aliphatic heterocycles. The Hall–Kier alpha value is -2.35. The molecule has 0 radical (unpaired) electrons. The van der Waals surface area contributed by atoms with E-state index in [2.05, 4.69) is 15.6 Å². The molecule has 0 fully saturated rings. The van der Waals surface area contributed by atoms with Gasteiger partial charge in [-0.3, -0.25) is 10.1 Å². The summed E-state index contributed by atoms with van der Waals surface area (Å²) in [4.78, 5) is 26.7. The Kier molecular flexibility index (Phi) is 3.81. The number of amides is 2. The van der Waals surface area contributed by atoms with E-state index in [1.54, 1.807) is 19.1 Å². The number of nitrogens with one attached hydrogen (secondary N) is 2. The summed E-state index contributed by atoms with van der Waals surface area (Å²) in [5, 5.41) is 13.5. The normalized spacial score (nSPS) is 10.2. The fraction of sp³-hybridized carbons (Fsp3) is 0.182. The number of furan rings is 1. The number of aryl methyl sites for hydroxylation is 1. The van der Waals surface area contributed by atoms with E-state index in [0.717, 1.165) is 11.3 Å². The number of hydrogen-bond donors (Lipinski definition) is 3. The van der Waals surface area contributed by atoms with Crippen LogP contribution >= 0.6 is 11.3 Å². The van der Waals surface area contributed by atoms with Crippen molar-refractivity contribution >= 4 is 28.5 Å². The van der Waals surface area contributed by atoms with Crippen LogP contribution in [0, 0.1) is 6.92 Å². The van der Waals surface area contributed by atoms with E-state index in [0.29, 0.717) is 16.3 Å². The molecular weight excluding hydrogens is 270 g/mol. The van der Waals surface area contributed by atoms with Crippen LogP contribution in [-0.4, -0.2) is 22.1 Å². The van der Waals surface area contributed by atoms with E-state index in [1.165, 1.54) is 6.26 Å². The summed E-state index contributed by atoms with van der Waals surface area (Å²) in [7, 11) is 0. The highest BCUT2D eigenvalue weighted by Crippen LogP contribution is 2.22. The number of thiazole rings is 1. The quantitative estimate of drug-likeness (QED) is 0.795. The van der Waals surface area contributed by atoms with Crippen molar-refractivity contribution in [1.82, 2.24) is 10.3 Å². The molecule has 0 saturated heterocycles. The number of aromatic nitrogens is 1. The molecule has 2 amide bonds. The summed E-state index contributed by atoms with van der Waals surface area (Å²) < 4.78 is 5.09. The molecule has 0 bridgehead atoms. The van der Waals surface area contributed by atoms with E-state index in [4.69, 9.17) is 9.52 Å². The van der Waals surface area contributed by atoms with Crippen molar-refractivity contribution in [2.24, 2.45) is 0 Å². The lowest BCUT2D eigenvalue weighted by molar-refractivity contribution is 0.0951. The van der Waals surface area contributed by atoms with Crippen molar-refractivity contribution in [3.05, 3.63) is 34.7 Å². The maximum atomic E-state index is 11.9. The van der Waals surface area contributed by atoms with Gasteiger partial charge in [0, 0.05) is 0 Å². The summed E-state index contributed by atoms with van der Waals surface area (Å²) in [6.45, 7) is 1.91. The zero-order chi connectivity index (χ0) is 13.8. The maximum absolute atomic E-state index is 11.9. The van der Waals surface area contributed by atoms with E-state index in [1.807, 2.05) is 0 Å². The van der Waals surface area contributed by atoms with Crippen LogP contribution in [0.4, 0.5) is 9.93 Å². The summed E-state index contributed by atoms with van der Waals surface area (Å²) in [6, 6.07) is 3.48. The first-order chi connectivity index (χ1) is 9.06. The van der Waals surface area contributed by atoms with Crippen LogP contribution in [-0.2, 0) is 6.54 Å². The molecule has 19 heavy (non-hydrogen) atoms. The van der Waals surface area contributed by atoms with Gasteiger partial charge in [-0.15, -0.1) is 0 Å². The standard InChI is InChI=1S/C11H11N3O4S/c1-6-8(19-10(13-6)14-11(16)17)9(15)12-5-7-3-2-4-18-7/h2-4H,5H2,1H3,(H,12,15)(H,13,14)(H,16,17). The van der Waals surface area contributed by atoms with Gasteiger partial charge in [-0.2, -0.15) is 0 Å². The number of nitrogens with zero attached hydrogens (tertiary/aromatic N) is 1. The van der Waals surface area contributed by atoms with Crippen molar-refractivity contribution in [1.29, 1.82) is 0 Å². The lowest BCUT2D eigenvalue weighted by Gasteiger charge is -2.00. The summed E-state index contributed by atoms with van der Waals surface area (Å²) in [6.07, 6.45) is 0.310. The zero-order valence-electron chi connectivity index (χ0n) is 9.97. The summed E-state index contributed by atoms with van der Waals surface area (Å²) in [5.74, 6) is 0.323. The summed E-state index contributed by atoms with van der Waals surface area (Å²) in [5.41, 5.74) is 0.477. The highest BCUT2D eigenvalue weighted by atomic mass is 32.1. The molecule has 2 aromatic rings. The second-order valence-corrected chi connectivity index (χ2v) is 4.62. The molecule has 0 aromatic carbocycles. The molecule has 0 saturated carbocycles. The van der Waals surface area contributed by atoms with Crippen LogP contribution in [0.2, 0.25) is 0 Å². The first-order valence-electron chi connectivity index (χ1n) is 5.34. The average Bonchev–Trinajstić information content (AvgIpc) is 2.95. The Morgan fingerprint density at radius 2 is 2.32 bits per heavy atom. The summed E-state index contributed by atoms with van der Waals surface area (Å²) >= 11 is 0.987. The smallest absolute Gasteiger partial charge is 0.410 e. The Balaban J connectivity index is 2.02. The number of hydrogen-bond acceptors (Lipinski definition) is 5. The van der Waals surface area contributed by atoms with Gasteiger partial charge in [0.25, 0.3) is 5.91 Å². The topological polar surface area (TPSA) is 104 Å². The van der Waals surface area contributed by atoms with Gasteiger partial charge in [0.05, 0.1) is 18.5 Å². The monoisotopic (exact) mass is 281 g/mol. The van der Waals surface area contributed by atoms with Crippen LogP contribution in [0.5, 0.6) is 0 Å². The van der Waals surface area contributed by atoms with Crippen molar-refractivity contribution in [3.8, 4) is 0 Å². The minimum Gasteiger partial charge on any atom is -0.467 e. The highest BCUT2D eigenvalue weighted by molar-refractivity contribution is 7.17. The number of rotatable bonds is 4. The van der Waals surface area contributed by atoms with Gasteiger partial charge >= 0.3 is 6.09 Å². The van der Waals surface area contributed by atoms with Gasteiger partial charge in [0.15, 0.2) is 5.13 Å². The van der Waals surface area contributed by atoms with Crippen LogP contribution < -0.4 is 10.6 Å². The largest absolute Gasteiger partial charge is 0.467 e. The number of anilines is 1. The second-order valence-electron chi connectivity index (χ2n) is 3.63. The Labute approximate surface area is 112 Å². The number of carbonyl (C=O) groups is 2. The molecule has 2 rings (SSSR count). The Bertz CT molecular complexity index is 591. The van der Waals surface area contributed by atoms with Crippen molar-refractivity contribution in [3.63, 3.8) is 0 Å². The van der Waals surface area contributed by atoms with Gasteiger partial charge in [-0.25, -0.2) is 9.78 Å². The van der Waals surface area contributed by atoms with E-state index < -0.39 is 6.09 Å². The molecule has 0 unspecified atom stereocenters. The SMILES string of the molecule is Cc1nc(NC(=O)O)sc1C(=O)NCc1ccco1. The maximum Gasteiger partial charge on any atom is 0.410 e. The minimum absolute atomic E-state index is 0.174. The molecule has 8 heteroatoms.